The second-order valence-corrected chi connectivity index (χ2v) is 3.42. The molecule has 17 heavy (non-hydrogen) atoms. The summed E-state index contributed by atoms with van der Waals surface area (Å²) in [6, 6.07) is 4.57. The Bertz CT molecular complexity index is 446. The number of hydrogen-bond donors (Lipinski definition) is 2. The minimum absolute atomic E-state index is 0.0514. The molecule has 0 radical (unpaired) electrons. The summed E-state index contributed by atoms with van der Waals surface area (Å²) in [6.45, 7) is 2.18. The van der Waals surface area contributed by atoms with Crippen LogP contribution in [0.5, 0.6) is 5.75 Å². The summed E-state index contributed by atoms with van der Waals surface area (Å²) in [5.74, 6) is -0.444. The number of amidine groups is 1. The van der Waals surface area contributed by atoms with Crippen molar-refractivity contribution in [3.05, 3.63) is 23.8 Å². The maximum Gasteiger partial charge on any atom is 0.339 e. The molecule has 0 aliphatic heterocycles. The molecule has 92 valence electrons. The van der Waals surface area contributed by atoms with Gasteiger partial charge in [-0.2, -0.15) is 0 Å². The molecule has 0 spiro atoms. The number of carboxylic acids is 1. The zero-order valence-corrected chi connectivity index (χ0v) is 10.1. The van der Waals surface area contributed by atoms with Crippen LogP contribution >= 0.6 is 11.6 Å². The van der Waals surface area contributed by atoms with Crippen molar-refractivity contribution in [2.75, 3.05) is 12.5 Å². The van der Waals surface area contributed by atoms with Crippen LogP contribution in [0, 0.1) is 0 Å². The maximum atomic E-state index is 11.0. The molecule has 0 aliphatic rings. The van der Waals surface area contributed by atoms with E-state index < -0.39 is 5.97 Å². The van der Waals surface area contributed by atoms with Gasteiger partial charge in [0.05, 0.1) is 18.2 Å². The number of aromatic carboxylic acids is 1. The van der Waals surface area contributed by atoms with Gasteiger partial charge in [0.25, 0.3) is 0 Å². The van der Waals surface area contributed by atoms with E-state index in [0.29, 0.717) is 18.0 Å². The molecule has 6 heteroatoms. The molecule has 3 N–H and O–H groups in total. The molecule has 0 amide bonds. The van der Waals surface area contributed by atoms with Crippen molar-refractivity contribution < 1.29 is 14.6 Å². The smallest absolute Gasteiger partial charge is 0.339 e. The summed E-state index contributed by atoms with van der Waals surface area (Å²) in [5, 5.41) is 9.02. The second-order valence-electron chi connectivity index (χ2n) is 3.16. The van der Waals surface area contributed by atoms with Crippen LogP contribution in [0.4, 0.5) is 5.69 Å². The number of hydrogen-bond acceptors (Lipinski definition) is 3. The van der Waals surface area contributed by atoms with E-state index in [2.05, 4.69) is 4.99 Å². The van der Waals surface area contributed by atoms with Crippen molar-refractivity contribution in [2.24, 2.45) is 10.7 Å². The first-order valence-corrected chi connectivity index (χ1v) is 5.51. The van der Waals surface area contributed by atoms with Crippen molar-refractivity contribution in [3.8, 4) is 5.75 Å². The Morgan fingerprint density at radius 3 is 2.82 bits per heavy atom. The average molecular weight is 257 g/mol. The Labute approximate surface area is 104 Å². The highest BCUT2D eigenvalue weighted by Crippen LogP contribution is 2.24. The monoisotopic (exact) mass is 256 g/mol. The lowest BCUT2D eigenvalue weighted by Gasteiger charge is -2.07. The Kier molecular flexibility index (Phi) is 4.78. The number of halogens is 1. The van der Waals surface area contributed by atoms with Gasteiger partial charge in [0.1, 0.15) is 17.1 Å². The van der Waals surface area contributed by atoms with Crippen LogP contribution in [0.3, 0.4) is 0 Å². The highest BCUT2D eigenvalue weighted by molar-refractivity contribution is 6.28. The first-order valence-electron chi connectivity index (χ1n) is 4.97. The fourth-order valence-corrected chi connectivity index (χ4v) is 1.29. The predicted molar refractivity (Wildman–Crippen MR) is 66.6 cm³/mol. The minimum atomic E-state index is -1.07. The number of carboxylic acid groups (broad SMARTS) is 1. The summed E-state index contributed by atoms with van der Waals surface area (Å²) in [7, 11) is 0. The molecule has 1 aromatic rings. The number of nitrogens with zero attached hydrogens (tertiary/aromatic N) is 1. The SMILES string of the molecule is CCOc1ccc(N=C(N)CCl)cc1C(=O)O. The summed E-state index contributed by atoms with van der Waals surface area (Å²) < 4.78 is 5.20. The fourth-order valence-electron chi connectivity index (χ4n) is 1.23. The van der Waals surface area contributed by atoms with Gasteiger partial charge in [-0.1, -0.05) is 0 Å². The molecule has 0 aromatic heterocycles. The highest BCUT2D eigenvalue weighted by Gasteiger charge is 2.11. The number of aliphatic imine (C=N–C) groups is 1. The lowest BCUT2D eigenvalue weighted by Crippen LogP contribution is -2.12. The van der Waals surface area contributed by atoms with Crippen molar-refractivity contribution in [1.82, 2.24) is 0 Å². The van der Waals surface area contributed by atoms with Crippen LogP contribution in [0.1, 0.15) is 17.3 Å². The number of benzene rings is 1. The topological polar surface area (TPSA) is 84.9 Å². The van der Waals surface area contributed by atoms with Crippen LogP contribution in [-0.2, 0) is 0 Å². The molecular formula is C11H13ClN2O3. The molecule has 0 heterocycles. The zero-order chi connectivity index (χ0) is 12.8. The van der Waals surface area contributed by atoms with Gasteiger partial charge in [-0.3, -0.25) is 0 Å². The fraction of sp³-hybridized carbons (Fsp3) is 0.273. The van der Waals surface area contributed by atoms with Crippen LogP contribution < -0.4 is 10.5 Å². The Morgan fingerprint density at radius 2 is 2.29 bits per heavy atom. The second kappa shape index (κ2) is 6.10. The van der Waals surface area contributed by atoms with E-state index in [4.69, 9.17) is 27.2 Å². The Hall–Kier alpha value is -1.75. The van der Waals surface area contributed by atoms with Gasteiger partial charge in [-0.05, 0) is 25.1 Å². The summed E-state index contributed by atoms with van der Waals surface area (Å²) in [5.41, 5.74) is 5.95. The lowest BCUT2D eigenvalue weighted by molar-refractivity contribution is 0.0692. The van der Waals surface area contributed by atoms with Gasteiger partial charge in [-0.15, -0.1) is 11.6 Å². The van der Waals surface area contributed by atoms with Gasteiger partial charge in [0, 0.05) is 0 Å². The normalized spacial score (nSPS) is 11.3. The molecule has 0 unspecified atom stereocenters. The van der Waals surface area contributed by atoms with Crippen LogP contribution in [0.2, 0.25) is 0 Å². The van der Waals surface area contributed by atoms with E-state index in [1.165, 1.54) is 6.07 Å². The average Bonchev–Trinajstić information content (AvgIpc) is 2.31. The molecule has 5 nitrogen and oxygen atoms in total. The number of alkyl halides is 1. The minimum Gasteiger partial charge on any atom is -0.493 e. The molecule has 1 rings (SSSR count). The molecule has 0 bridgehead atoms. The molecule has 0 atom stereocenters. The summed E-state index contributed by atoms with van der Waals surface area (Å²) in [4.78, 5) is 15.0. The van der Waals surface area contributed by atoms with Crippen molar-refractivity contribution >= 4 is 29.1 Å². The van der Waals surface area contributed by atoms with Gasteiger partial charge >= 0.3 is 5.97 Å². The summed E-state index contributed by atoms with van der Waals surface area (Å²) in [6.07, 6.45) is 0. The van der Waals surface area contributed by atoms with Gasteiger partial charge < -0.3 is 15.6 Å². The van der Waals surface area contributed by atoms with Gasteiger partial charge in [0.15, 0.2) is 0 Å². The largest absolute Gasteiger partial charge is 0.493 e. The van der Waals surface area contributed by atoms with E-state index in [1.54, 1.807) is 19.1 Å². The number of rotatable bonds is 5. The maximum absolute atomic E-state index is 11.0. The molecule has 0 fully saturated rings. The van der Waals surface area contributed by atoms with Crippen molar-refractivity contribution in [1.29, 1.82) is 0 Å². The molecular weight excluding hydrogens is 244 g/mol. The molecule has 0 aliphatic carbocycles. The van der Waals surface area contributed by atoms with E-state index in [1.807, 2.05) is 0 Å². The molecule has 1 aromatic carbocycles. The third-order valence-corrected chi connectivity index (χ3v) is 2.18. The Morgan fingerprint density at radius 1 is 1.59 bits per heavy atom. The van der Waals surface area contributed by atoms with Crippen LogP contribution in [0.25, 0.3) is 0 Å². The number of nitrogens with two attached hydrogens (primary N) is 1. The zero-order valence-electron chi connectivity index (χ0n) is 9.31. The third-order valence-electron chi connectivity index (χ3n) is 1.90. The van der Waals surface area contributed by atoms with Gasteiger partial charge in [-0.25, -0.2) is 9.79 Å². The predicted octanol–water partition coefficient (Wildman–Crippen LogP) is 2.01. The van der Waals surface area contributed by atoms with E-state index >= 15 is 0 Å². The van der Waals surface area contributed by atoms with E-state index in [0.717, 1.165) is 0 Å². The van der Waals surface area contributed by atoms with E-state index in [9.17, 15) is 4.79 Å². The lowest BCUT2D eigenvalue weighted by atomic mass is 10.2. The third kappa shape index (κ3) is 3.64. The van der Waals surface area contributed by atoms with E-state index in [-0.39, 0.29) is 17.3 Å². The van der Waals surface area contributed by atoms with Crippen LogP contribution in [-0.4, -0.2) is 29.4 Å². The van der Waals surface area contributed by atoms with Gasteiger partial charge in [0.2, 0.25) is 0 Å². The molecule has 0 saturated carbocycles. The quantitative estimate of drug-likeness (QED) is 0.479. The number of ether oxygens (including phenoxy) is 1. The highest BCUT2D eigenvalue weighted by atomic mass is 35.5. The first-order chi connectivity index (χ1) is 8.08. The standard InChI is InChI=1S/C11H13ClN2O3/c1-2-17-9-4-3-7(14-10(13)6-12)5-8(9)11(15)16/h3-5H,2,6H2,1H3,(H2,13,14)(H,15,16). The van der Waals surface area contributed by atoms with Crippen molar-refractivity contribution in [3.63, 3.8) is 0 Å². The Balaban J connectivity index is 3.14. The van der Waals surface area contributed by atoms with Crippen molar-refractivity contribution in [2.45, 2.75) is 6.92 Å². The first kappa shape index (κ1) is 13.3. The number of carbonyl (C=O) groups is 1. The summed E-state index contributed by atoms with van der Waals surface area (Å²) >= 11 is 5.49. The molecule has 0 saturated heterocycles. The van der Waals surface area contributed by atoms with Crippen LogP contribution in [0.15, 0.2) is 23.2 Å².